The lowest BCUT2D eigenvalue weighted by Crippen LogP contribution is -2.69. The Hall–Kier alpha value is -6.54. The van der Waals surface area contributed by atoms with Crippen LogP contribution in [0.4, 0.5) is 29.1 Å². The molecule has 5 fully saturated rings. The summed E-state index contributed by atoms with van der Waals surface area (Å²) in [5.41, 5.74) is 7.47. The molecule has 3 N–H and O–H groups in total. The second-order valence-corrected chi connectivity index (χ2v) is 17.5. The number of alkyl halides is 3. The van der Waals surface area contributed by atoms with Crippen LogP contribution in [0.2, 0.25) is 0 Å². The number of nitrogens with zero attached hydrogens (tertiary/aromatic N) is 9. The number of nitrogen functional groups attached to an aromatic ring is 1. The van der Waals surface area contributed by atoms with E-state index in [0.29, 0.717) is 64.9 Å². The molecule has 3 atom stereocenters. The Morgan fingerprint density at radius 3 is 2.23 bits per heavy atom. The molecule has 0 spiro atoms. The smallest absolute Gasteiger partial charge is 0.493 e. The number of fused-ring (bicyclic) bond motifs is 3. The minimum atomic E-state index is -5.01. The molecule has 7 heterocycles. The largest absolute Gasteiger partial charge is 0.494 e. The molecule has 6 aromatic rings. The monoisotopic (exact) mass is 881 g/mol. The average Bonchev–Trinajstić information content (AvgIpc) is 3.99. The fourth-order valence-electron chi connectivity index (χ4n) is 10.6. The minimum absolute atomic E-state index is 0.00869. The van der Waals surface area contributed by atoms with Gasteiger partial charge in [-0.3, -0.25) is 29.3 Å². The maximum Gasteiger partial charge on any atom is 0.493 e. The van der Waals surface area contributed by atoms with Gasteiger partial charge in [-0.15, -0.1) is 13.2 Å². The van der Waals surface area contributed by atoms with Crippen LogP contribution in [0.3, 0.4) is 0 Å². The Morgan fingerprint density at radius 1 is 0.828 bits per heavy atom. The van der Waals surface area contributed by atoms with Crippen molar-refractivity contribution in [3.63, 3.8) is 0 Å². The van der Waals surface area contributed by atoms with Crippen molar-refractivity contribution in [2.75, 3.05) is 57.0 Å². The van der Waals surface area contributed by atoms with Gasteiger partial charge < -0.3 is 20.1 Å². The third-order valence-corrected chi connectivity index (χ3v) is 13.9. The van der Waals surface area contributed by atoms with E-state index in [1.54, 1.807) is 24.3 Å². The van der Waals surface area contributed by atoms with Gasteiger partial charge in [-0.05, 0) is 85.7 Å². The van der Waals surface area contributed by atoms with Crippen LogP contribution >= 0.6 is 0 Å². The molecule has 4 saturated heterocycles. The number of imidazole rings is 1. The van der Waals surface area contributed by atoms with Crippen molar-refractivity contribution in [1.29, 1.82) is 0 Å². The molecular weight excluding hydrogens is 839 g/mol. The van der Waals surface area contributed by atoms with E-state index in [4.69, 9.17) is 20.3 Å². The van der Waals surface area contributed by atoms with Gasteiger partial charge in [0.2, 0.25) is 17.6 Å². The van der Waals surface area contributed by atoms with Crippen molar-refractivity contribution in [3.8, 4) is 28.5 Å². The zero-order chi connectivity index (χ0) is 44.2. The summed E-state index contributed by atoms with van der Waals surface area (Å²) in [7, 11) is 1.40. The summed E-state index contributed by atoms with van der Waals surface area (Å²) in [6.45, 7) is 5.12. The van der Waals surface area contributed by atoms with Crippen LogP contribution in [0.15, 0.2) is 71.8 Å². The van der Waals surface area contributed by atoms with Gasteiger partial charge in [0.1, 0.15) is 29.6 Å². The van der Waals surface area contributed by atoms with Crippen LogP contribution in [0.5, 0.6) is 17.2 Å². The minimum Gasteiger partial charge on any atom is -0.494 e. The normalized spacial score (nSPS) is 23.4. The van der Waals surface area contributed by atoms with Crippen LogP contribution in [0, 0.1) is 17.7 Å². The van der Waals surface area contributed by atoms with Gasteiger partial charge in [0, 0.05) is 69.0 Å². The quantitative estimate of drug-likeness (QED) is 0.147. The molecule has 3 unspecified atom stereocenters. The second kappa shape index (κ2) is 15.0. The molecule has 20 heteroatoms. The fraction of sp³-hybridized carbons (Fsp3) is 0.409. The van der Waals surface area contributed by atoms with E-state index < -0.39 is 35.7 Å². The number of nitrogens with two attached hydrogens (primary N) is 1. The van der Waals surface area contributed by atoms with E-state index in [2.05, 4.69) is 25.1 Å². The van der Waals surface area contributed by atoms with Crippen molar-refractivity contribution in [3.05, 3.63) is 83.3 Å². The summed E-state index contributed by atoms with van der Waals surface area (Å²) >= 11 is 0. The Kier molecular flexibility index (Phi) is 9.46. The number of carbonyl (C=O) groups excluding carboxylic acids is 2. The molecule has 4 aliphatic heterocycles. The van der Waals surface area contributed by atoms with E-state index in [1.807, 2.05) is 21.7 Å². The van der Waals surface area contributed by atoms with Crippen molar-refractivity contribution in [2.24, 2.45) is 11.8 Å². The van der Waals surface area contributed by atoms with Crippen LogP contribution < -0.4 is 31.1 Å². The molecule has 3 aromatic heterocycles. The van der Waals surface area contributed by atoms with Crippen molar-refractivity contribution in [2.45, 2.75) is 56.2 Å². The van der Waals surface area contributed by atoms with Crippen molar-refractivity contribution < 1.29 is 36.6 Å². The highest BCUT2D eigenvalue weighted by Crippen LogP contribution is 2.47. The SMILES string of the molecule is COc1cccc(Oc2ccc(-c3nn(C4CC5CN(C6CN(C7CN(c8ccc9c(c8)n(C(F)(F)F)c(=O)n9C8CCC(=O)NC8=O)C7)C6)CC5C4)c4ncnc(N)c34)cc2)c1F. The number of aromatic nitrogens is 6. The number of imide groups is 1. The number of amides is 2. The van der Waals surface area contributed by atoms with E-state index in [9.17, 15) is 31.9 Å². The van der Waals surface area contributed by atoms with Gasteiger partial charge in [-0.1, -0.05) is 6.07 Å². The van der Waals surface area contributed by atoms with Gasteiger partial charge in [0.15, 0.2) is 17.1 Å². The lowest BCUT2D eigenvalue weighted by Gasteiger charge is -2.54. The molecular formula is C44H43F4N11O5. The first-order valence-corrected chi connectivity index (χ1v) is 21.3. The molecule has 2 amide bonds. The number of piperidine rings is 1. The van der Waals surface area contributed by atoms with Gasteiger partial charge in [0.05, 0.1) is 29.6 Å². The Bertz CT molecular complexity index is 2890. The number of hydrogen-bond acceptors (Lipinski definition) is 12. The zero-order valence-electron chi connectivity index (χ0n) is 34.5. The number of carbonyl (C=O) groups is 2. The number of anilines is 2. The molecule has 3 aromatic carbocycles. The van der Waals surface area contributed by atoms with Crippen LogP contribution in [-0.4, -0.2) is 109 Å². The first kappa shape index (κ1) is 40.2. The molecule has 11 rings (SSSR count). The number of hydrogen-bond donors (Lipinski definition) is 2. The van der Waals surface area contributed by atoms with Gasteiger partial charge in [-0.2, -0.15) is 9.49 Å². The number of likely N-dealkylation sites (tertiary alicyclic amines) is 2. The highest BCUT2D eigenvalue weighted by Gasteiger charge is 2.48. The molecule has 1 saturated carbocycles. The maximum absolute atomic E-state index is 14.7. The molecule has 332 valence electrons. The standard InChI is InChI=1S/C44H43F4N11O5/c1-63-34-3-2-4-35(38(34)45)64-30-8-5-23(6-9-30)39-37-40(49)50-22-51-41(37)59(53-39)27-13-24-16-54(17-25(24)14-27)28-20-56(21-28)29-18-55(19-29)26-7-10-31-33(15-26)58(44(46,47)48)43(62)57(31)32-11-12-36(60)52-42(32)61/h2-10,15,22,24-25,27-29,32H,11-14,16-21H2,1H3,(H2,49,50,51)(H,52,60,61). The van der Waals surface area contributed by atoms with E-state index in [1.165, 1.54) is 37.7 Å². The van der Waals surface area contributed by atoms with E-state index in [-0.39, 0.29) is 52.0 Å². The average molecular weight is 882 g/mol. The summed E-state index contributed by atoms with van der Waals surface area (Å²) in [5.74, 6) is 0.0409. The summed E-state index contributed by atoms with van der Waals surface area (Å²) in [6, 6.07) is 16.1. The van der Waals surface area contributed by atoms with E-state index >= 15 is 0 Å². The molecule has 1 aliphatic carbocycles. The van der Waals surface area contributed by atoms with Crippen LogP contribution in [-0.2, 0) is 15.9 Å². The maximum atomic E-state index is 14.7. The topological polar surface area (TPSA) is 171 Å². The van der Waals surface area contributed by atoms with Gasteiger partial charge >= 0.3 is 12.0 Å². The lowest BCUT2D eigenvalue weighted by atomic mass is 9.98. The number of methoxy groups -OCH3 is 1. The third kappa shape index (κ3) is 6.63. The van der Waals surface area contributed by atoms with Gasteiger partial charge in [0.25, 0.3) is 0 Å². The number of ether oxygens (including phenoxy) is 2. The Labute approximate surface area is 362 Å². The summed E-state index contributed by atoms with van der Waals surface area (Å²) in [4.78, 5) is 53.4. The van der Waals surface area contributed by atoms with Crippen molar-refractivity contribution >= 4 is 45.4 Å². The summed E-state index contributed by atoms with van der Waals surface area (Å²) in [5, 5.41) is 7.92. The van der Waals surface area contributed by atoms with Crippen LogP contribution in [0.25, 0.3) is 33.3 Å². The highest BCUT2D eigenvalue weighted by atomic mass is 19.4. The second-order valence-electron chi connectivity index (χ2n) is 17.5. The molecule has 5 aliphatic rings. The Balaban J connectivity index is 0.717. The third-order valence-electron chi connectivity index (χ3n) is 13.9. The molecule has 0 bridgehead atoms. The van der Waals surface area contributed by atoms with Gasteiger partial charge in [-0.25, -0.2) is 24.0 Å². The lowest BCUT2D eigenvalue weighted by molar-refractivity contribution is -0.203. The predicted molar refractivity (Wildman–Crippen MR) is 225 cm³/mol. The zero-order valence-corrected chi connectivity index (χ0v) is 34.5. The molecule has 16 nitrogen and oxygen atoms in total. The first-order chi connectivity index (χ1) is 30.8. The van der Waals surface area contributed by atoms with Crippen LogP contribution in [0.1, 0.15) is 37.8 Å². The fourth-order valence-corrected chi connectivity index (χ4v) is 10.6. The number of halogens is 4. The Morgan fingerprint density at radius 2 is 1.53 bits per heavy atom. The van der Waals surface area contributed by atoms with E-state index in [0.717, 1.165) is 49.2 Å². The summed E-state index contributed by atoms with van der Waals surface area (Å²) < 4.78 is 71.1. The first-order valence-electron chi connectivity index (χ1n) is 21.3. The summed E-state index contributed by atoms with van der Waals surface area (Å²) in [6.07, 6.45) is -1.76. The number of rotatable bonds is 9. The molecule has 64 heavy (non-hydrogen) atoms. The van der Waals surface area contributed by atoms with Crippen molar-refractivity contribution in [1.82, 2.24) is 44.0 Å². The number of benzene rings is 3. The number of nitrogens with one attached hydrogen (secondary N) is 1. The molecule has 0 radical (unpaired) electrons. The highest BCUT2D eigenvalue weighted by molar-refractivity contribution is 6.00. The predicted octanol–water partition coefficient (Wildman–Crippen LogP) is 5.04.